The maximum Gasteiger partial charge on any atom is 0.197 e. The highest BCUT2D eigenvalue weighted by Gasteiger charge is 2.40. The topological polar surface area (TPSA) is 15.3 Å². The van der Waals surface area contributed by atoms with Crippen molar-refractivity contribution in [3.8, 4) is 44.5 Å². The van der Waals surface area contributed by atoms with Crippen LogP contribution in [0, 0.1) is 6.92 Å². The summed E-state index contributed by atoms with van der Waals surface area (Å²) < 4.78 is 0. The maximum absolute atomic E-state index is 3.97. The average molecular weight is 844 g/mol. The predicted molar refractivity (Wildman–Crippen MR) is 281 cm³/mol. The normalized spacial score (nSPS) is 14.5. The summed E-state index contributed by atoms with van der Waals surface area (Å²) in [5, 5.41) is 3.97. The van der Waals surface area contributed by atoms with Gasteiger partial charge in [0.15, 0.2) is 7.28 Å². The first-order valence-electron chi connectivity index (χ1n) is 23.9. The smallest absolute Gasteiger partial charge is 0.197 e. The fourth-order valence-electron chi connectivity index (χ4n) is 10.3. The van der Waals surface area contributed by atoms with Crippen LogP contribution in [0.15, 0.2) is 176 Å². The maximum atomic E-state index is 3.97. The Morgan fingerprint density at radius 2 is 1.06 bits per heavy atom. The SMILES string of the molecule is CCCCCc1cc(-c2ccc(-c3ccccc3)cc2Nc2ccc(-c3ccccc3)cc2)c2c(c1)N(c1cc(-c3ccccc3)ccc1C)c1cc3c(cc1[B]2)C(C)(C)CCC3(C)C. The van der Waals surface area contributed by atoms with Crippen LogP contribution in [-0.2, 0) is 17.3 Å². The number of fused-ring (bicyclic) bond motifs is 3. The molecule has 3 heteroatoms. The number of benzene rings is 8. The molecule has 321 valence electrons. The summed E-state index contributed by atoms with van der Waals surface area (Å²) in [6.07, 6.45) is 6.91. The lowest BCUT2D eigenvalue weighted by Crippen LogP contribution is -2.44. The number of nitrogens with zero attached hydrogens (tertiary/aromatic N) is 1. The van der Waals surface area contributed by atoms with E-state index in [0.29, 0.717) is 0 Å². The molecule has 2 nitrogen and oxygen atoms in total. The predicted octanol–water partition coefficient (Wildman–Crippen LogP) is 15.9. The number of hydrogen-bond donors (Lipinski definition) is 1. The fourth-order valence-corrected chi connectivity index (χ4v) is 10.3. The molecule has 0 unspecified atom stereocenters. The van der Waals surface area contributed by atoms with Gasteiger partial charge < -0.3 is 10.2 Å². The van der Waals surface area contributed by atoms with Crippen molar-refractivity contribution < 1.29 is 0 Å². The standard InChI is InChI=1S/C62H60BN2/c1-7-8-12-19-43-36-52(51-33-30-48(45-22-15-10-16-23-45)38-56(51)64-50-31-28-47(29-32-50)44-20-13-9-14-21-44)60-59(37-43)65(57-39-49(27-26-42(57)2)46-24-17-11-18-25-46)58-41-54-53(40-55(58)63-60)61(3,4)34-35-62(54,5)6/h9-11,13-18,20-33,36-41,64H,7-8,12,19,34-35H2,1-6H3. The molecular weight excluding hydrogens is 784 g/mol. The van der Waals surface area contributed by atoms with Gasteiger partial charge in [-0.1, -0.05) is 192 Å². The Morgan fingerprint density at radius 1 is 0.508 bits per heavy atom. The molecule has 1 aliphatic carbocycles. The molecule has 0 aromatic heterocycles. The average Bonchev–Trinajstić information content (AvgIpc) is 3.33. The summed E-state index contributed by atoms with van der Waals surface area (Å²) in [5.41, 5.74) is 23.9. The number of unbranched alkanes of at least 4 members (excludes halogenated alkanes) is 2. The lowest BCUT2D eigenvalue weighted by molar-refractivity contribution is 0.332. The molecular formula is C62H60BN2. The van der Waals surface area contributed by atoms with Crippen LogP contribution >= 0.6 is 0 Å². The Morgan fingerprint density at radius 3 is 1.69 bits per heavy atom. The van der Waals surface area contributed by atoms with E-state index in [-0.39, 0.29) is 10.8 Å². The summed E-state index contributed by atoms with van der Waals surface area (Å²) in [6.45, 7) is 14.4. The van der Waals surface area contributed by atoms with Gasteiger partial charge in [-0.25, -0.2) is 0 Å². The lowest BCUT2D eigenvalue weighted by atomic mass is 9.55. The van der Waals surface area contributed by atoms with Crippen molar-refractivity contribution in [3.63, 3.8) is 0 Å². The van der Waals surface area contributed by atoms with Crippen molar-refractivity contribution in [2.75, 3.05) is 10.2 Å². The zero-order chi connectivity index (χ0) is 44.7. The van der Waals surface area contributed by atoms with Gasteiger partial charge in [0.1, 0.15) is 0 Å². The highest BCUT2D eigenvalue weighted by atomic mass is 15.2. The fraction of sp³-hybridized carbons (Fsp3) is 0.226. The second-order valence-corrected chi connectivity index (χ2v) is 19.8. The van der Waals surface area contributed by atoms with Gasteiger partial charge in [-0.2, -0.15) is 0 Å². The summed E-state index contributed by atoms with van der Waals surface area (Å²) in [4.78, 5) is 2.63. The highest BCUT2D eigenvalue weighted by Crippen LogP contribution is 2.49. The minimum Gasteiger partial charge on any atom is -0.355 e. The summed E-state index contributed by atoms with van der Waals surface area (Å²) >= 11 is 0. The van der Waals surface area contributed by atoms with Gasteiger partial charge in [-0.05, 0) is 146 Å². The molecule has 8 aromatic carbocycles. The molecule has 0 amide bonds. The molecule has 1 N–H and O–H groups in total. The Bertz CT molecular complexity index is 2980. The third kappa shape index (κ3) is 8.34. The van der Waals surface area contributed by atoms with Crippen LogP contribution < -0.4 is 21.1 Å². The van der Waals surface area contributed by atoms with Crippen LogP contribution in [0.4, 0.5) is 28.4 Å². The summed E-state index contributed by atoms with van der Waals surface area (Å²) in [5.74, 6) is 0. The van der Waals surface area contributed by atoms with E-state index in [1.54, 1.807) is 0 Å². The van der Waals surface area contributed by atoms with Gasteiger partial charge in [0.05, 0.1) is 0 Å². The van der Waals surface area contributed by atoms with Crippen LogP contribution in [0.1, 0.15) is 89.0 Å². The van der Waals surface area contributed by atoms with Crippen LogP contribution in [-0.4, -0.2) is 7.28 Å². The third-order valence-electron chi connectivity index (χ3n) is 14.3. The van der Waals surface area contributed by atoms with Crippen molar-refractivity contribution in [2.45, 2.75) is 90.9 Å². The van der Waals surface area contributed by atoms with Gasteiger partial charge in [0, 0.05) is 34.0 Å². The van der Waals surface area contributed by atoms with Crippen LogP contribution in [0.2, 0.25) is 0 Å². The molecule has 0 saturated carbocycles. The lowest BCUT2D eigenvalue weighted by Gasteiger charge is -2.44. The first kappa shape index (κ1) is 42.4. The van der Waals surface area contributed by atoms with E-state index in [1.807, 2.05) is 0 Å². The van der Waals surface area contributed by atoms with Crippen molar-refractivity contribution >= 4 is 46.6 Å². The molecule has 0 fully saturated rings. The first-order chi connectivity index (χ1) is 31.6. The molecule has 65 heavy (non-hydrogen) atoms. The Hall–Kier alpha value is -6.58. The largest absolute Gasteiger partial charge is 0.355 e. The molecule has 2 aliphatic rings. The molecule has 1 heterocycles. The summed E-state index contributed by atoms with van der Waals surface area (Å²) in [6, 6.07) is 65.4. The third-order valence-corrected chi connectivity index (χ3v) is 14.3. The number of nitrogens with one attached hydrogen (secondary N) is 1. The van der Waals surface area contributed by atoms with E-state index in [4.69, 9.17) is 0 Å². The van der Waals surface area contributed by atoms with E-state index in [0.717, 1.165) is 24.2 Å². The minimum atomic E-state index is 0.0697. The number of hydrogen-bond acceptors (Lipinski definition) is 2. The van der Waals surface area contributed by atoms with E-state index in [2.05, 4.69) is 235 Å². The van der Waals surface area contributed by atoms with E-state index in [9.17, 15) is 0 Å². The van der Waals surface area contributed by atoms with Crippen LogP contribution in [0.25, 0.3) is 44.5 Å². The van der Waals surface area contributed by atoms with Gasteiger partial charge in [-0.3, -0.25) is 0 Å². The van der Waals surface area contributed by atoms with Gasteiger partial charge in [0.2, 0.25) is 0 Å². The Labute approximate surface area is 388 Å². The van der Waals surface area contributed by atoms with Gasteiger partial charge >= 0.3 is 0 Å². The molecule has 0 saturated heterocycles. The highest BCUT2D eigenvalue weighted by molar-refractivity contribution is 6.73. The Balaban J connectivity index is 1.21. The molecule has 8 aromatic rings. The summed E-state index contributed by atoms with van der Waals surface area (Å²) in [7, 11) is 2.52. The first-order valence-corrected chi connectivity index (χ1v) is 23.9. The second-order valence-electron chi connectivity index (χ2n) is 19.8. The zero-order valence-corrected chi connectivity index (χ0v) is 39.0. The molecule has 10 rings (SSSR count). The number of anilines is 5. The monoisotopic (exact) mass is 843 g/mol. The van der Waals surface area contributed by atoms with Crippen molar-refractivity contribution in [1.29, 1.82) is 0 Å². The Kier molecular flexibility index (Phi) is 11.4. The quantitative estimate of drug-likeness (QED) is 0.103. The number of rotatable bonds is 11. The molecule has 0 atom stereocenters. The van der Waals surface area contributed by atoms with Crippen molar-refractivity contribution in [3.05, 3.63) is 198 Å². The van der Waals surface area contributed by atoms with Crippen molar-refractivity contribution in [2.24, 2.45) is 0 Å². The minimum absolute atomic E-state index is 0.0697. The van der Waals surface area contributed by atoms with Gasteiger partial charge in [-0.15, -0.1) is 0 Å². The van der Waals surface area contributed by atoms with Crippen LogP contribution in [0.3, 0.4) is 0 Å². The van der Waals surface area contributed by atoms with Crippen LogP contribution in [0.5, 0.6) is 0 Å². The molecule has 0 spiro atoms. The van der Waals surface area contributed by atoms with E-state index in [1.165, 1.54) is 120 Å². The van der Waals surface area contributed by atoms with E-state index >= 15 is 0 Å². The second kappa shape index (κ2) is 17.4. The zero-order valence-electron chi connectivity index (χ0n) is 39.0. The molecule has 1 radical (unpaired) electrons. The molecule has 0 bridgehead atoms. The van der Waals surface area contributed by atoms with Crippen molar-refractivity contribution in [1.82, 2.24) is 0 Å². The van der Waals surface area contributed by atoms with E-state index < -0.39 is 0 Å². The number of aryl methyl sites for hydroxylation is 2. The molecule has 1 aliphatic heterocycles. The van der Waals surface area contributed by atoms with Gasteiger partial charge in [0.25, 0.3) is 0 Å².